The fraction of sp³-hybridized carbons (Fsp3) is 0.167. The molecule has 0 aliphatic heterocycles. The second-order valence-electron chi connectivity index (χ2n) is 3.82. The van der Waals surface area contributed by atoms with Gasteiger partial charge in [0.05, 0.1) is 21.9 Å². The molecule has 0 aliphatic carbocycles. The lowest BCUT2D eigenvalue weighted by molar-refractivity contribution is -0.384. The minimum absolute atomic E-state index is 0.0366. The maximum absolute atomic E-state index is 13.5. The molecule has 8 heteroatoms. The number of nitro groups is 1. The Morgan fingerprint density at radius 1 is 1.50 bits per heavy atom. The topological polar surface area (TPSA) is 64.4 Å². The first-order valence-corrected chi connectivity index (χ1v) is 7.12. The van der Waals surface area contributed by atoms with Crippen LogP contribution in [0.4, 0.5) is 15.8 Å². The number of thiophene rings is 1. The molecule has 2 aromatic rings. The summed E-state index contributed by atoms with van der Waals surface area (Å²) in [6, 6.07) is 5.93. The Morgan fingerprint density at radius 2 is 2.25 bits per heavy atom. The minimum Gasteiger partial charge on any atom is -0.494 e. The molecule has 0 saturated carbocycles. The summed E-state index contributed by atoms with van der Waals surface area (Å²) in [5.74, 6) is -0.797. The number of hydrogen-bond donors (Lipinski definition) is 1. The third-order valence-electron chi connectivity index (χ3n) is 2.55. The van der Waals surface area contributed by atoms with E-state index in [4.69, 9.17) is 4.74 Å². The average molecular weight is 361 g/mol. The number of hydrogen-bond acceptors (Lipinski definition) is 5. The summed E-state index contributed by atoms with van der Waals surface area (Å²) in [5, 5.41) is 13.9. The standard InChI is InChI=1S/C12H10BrFN2O3S/c1-19-11-5-9(10(16(17)18)4-8(11)14)15-6-7-2-3-12(13)20-7/h2-5,15H,6H2,1H3. The fourth-order valence-corrected chi connectivity index (χ4v) is 3.04. The molecule has 0 radical (unpaired) electrons. The largest absolute Gasteiger partial charge is 0.494 e. The van der Waals surface area contributed by atoms with Crippen molar-refractivity contribution in [1.82, 2.24) is 0 Å². The summed E-state index contributed by atoms with van der Waals surface area (Å²) >= 11 is 4.85. The molecule has 20 heavy (non-hydrogen) atoms. The Kier molecular flexibility index (Phi) is 4.56. The van der Waals surface area contributed by atoms with Crippen molar-refractivity contribution in [1.29, 1.82) is 0 Å². The van der Waals surface area contributed by atoms with Crippen molar-refractivity contribution >= 4 is 38.6 Å². The molecule has 5 nitrogen and oxygen atoms in total. The highest BCUT2D eigenvalue weighted by Crippen LogP contribution is 2.32. The molecule has 2 rings (SSSR count). The molecule has 1 heterocycles. The van der Waals surface area contributed by atoms with E-state index in [0.29, 0.717) is 6.54 Å². The zero-order valence-electron chi connectivity index (χ0n) is 10.4. The van der Waals surface area contributed by atoms with Crippen LogP contribution in [-0.2, 0) is 6.54 Å². The summed E-state index contributed by atoms with van der Waals surface area (Å²) in [7, 11) is 1.31. The highest BCUT2D eigenvalue weighted by molar-refractivity contribution is 9.11. The first-order chi connectivity index (χ1) is 9.51. The number of ether oxygens (including phenoxy) is 1. The predicted octanol–water partition coefficient (Wildman–Crippen LogP) is 4.18. The van der Waals surface area contributed by atoms with Gasteiger partial charge in [0.2, 0.25) is 0 Å². The minimum atomic E-state index is -0.761. The van der Waals surface area contributed by atoms with Crippen LogP contribution in [0.1, 0.15) is 4.88 Å². The third-order valence-corrected chi connectivity index (χ3v) is 4.17. The maximum Gasteiger partial charge on any atom is 0.295 e. The molecule has 106 valence electrons. The first kappa shape index (κ1) is 14.7. The van der Waals surface area contributed by atoms with E-state index in [2.05, 4.69) is 21.2 Å². The molecule has 0 unspecified atom stereocenters. The number of halogens is 2. The van der Waals surface area contributed by atoms with Gasteiger partial charge >= 0.3 is 0 Å². The lowest BCUT2D eigenvalue weighted by atomic mass is 10.2. The van der Waals surface area contributed by atoms with E-state index in [1.54, 1.807) is 0 Å². The van der Waals surface area contributed by atoms with Gasteiger partial charge in [-0.1, -0.05) is 0 Å². The third kappa shape index (κ3) is 3.26. The van der Waals surface area contributed by atoms with Gasteiger partial charge in [0, 0.05) is 17.5 Å². The highest BCUT2D eigenvalue weighted by atomic mass is 79.9. The van der Waals surface area contributed by atoms with Crippen LogP contribution in [0, 0.1) is 15.9 Å². The normalized spacial score (nSPS) is 10.3. The second kappa shape index (κ2) is 6.19. The van der Waals surface area contributed by atoms with Crippen molar-refractivity contribution in [3.63, 3.8) is 0 Å². The van der Waals surface area contributed by atoms with Gasteiger partial charge in [-0.05, 0) is 28.1 Å². The smallest absolute Gasteiger partial charge is 0.295 e. The molecule has 0 spiro atoms. The molecule has 1 N–H and O–H groups in total. The van der Waals surface area contributed by atoms with E-state index in [1.165, 1.54) is 24.5 Å². The summed E-state index contributed by atoms with van der Waals surface area (Å²) in [5.41, 5.74) is -0.100. The van der Waals surface area contributed by atoms with Gasteiger partial charge in [-0.2, -0.15) is 0 Å². The molecule has 0 bridgehead atoms. The number of nitrogens with one attached hydrogen (secondary N) is 1. The van der Waals surface area contributed by atoms with Gasteiger partial charge in [-0.15, -0.1) is 11.3 Å². The van der Waals surface area contributed by atoms with Crippen LogP contribution in [-0.4, -0.2) is 12.0 Å². The molecule has 0 aliphatic rings. The Labute approximate surface area is 126 Å². The molecule has 1 aromatic carbocycles. The van der Waals surface area contributed by atoms with Crippen LogP contribution >= 0.6 is 27.3 Å². The van der Waals surface area contributed by atoms with Crippen molar-refractivity contribution in [3.05, 3.63) is 48.9 Å². The van der Waals surface area contributed by atoms with Gasteiger partial charge in [-0.3, -0.25) is 10.1 Å². The first-order valence-electron chi connectivity index (χ1n) is 5.51. The summed E-state index contributed by atoms with van der Waals surface area (Å²) in [4.78, 5) is 11.3. The number of benzene rings is 1. The zero-order chi connectivity index (χ0) is 14.7. The SMILES string of the molecule is COc1cc(NCc2ccc(Br)s2)c([N+](=O)[O-])cc1F. The number of rotatable bonds is 5. The van der Waals surface area contributed by atoms with Crippen LogP contribution in [0.2, 0.25) is 0 Å². The van der Waals surface area contributed by atoms with E-state index < -0.39 is 10.7 Å². The predicted molar refractivity (Wildman–Crippen MR) is 79.0 cm³/mol. The van der Waals surface area contributed by atoms with Crippen molar-refractivity contribution < 1.29 is 14.1 Å². The highest BCUT2D eigenvalue weighted by Gasteiger charge is 2.19. The van der Waals surface area contributed by atoms with Crippen LogP contribution < -0.4 is 10.1 Å². The maximum atomic E-state index is 13.5. The van der Waals surface area contributed by atoms with E-state index in [-0.39, 0.29) is 17.1 Å². The lowest BCUT2D eigenvalue weighted by Crippen LogP contribution is -2.03. The average Bonchev–Trinajstić information content (AvgIpc) is 2.82. The molecule has 0 atom stereocenters. The summed E-state index contributed by atoms with van der Waals surface area (Å²) in [6.45, 7) is 0.409. The van der Waals surface area contributed by atoms with E-state index in [9.17, 15) is 14.5 Å². The molecule has 0 fully saturated rings. The summed E-state index contributed by atoms with van der Waals surface area (Å²) < 4.78 is 19.3. The van der Waals surface area contributed by atoms with Crippen molar-refractivity contribution in [2.24, 2.45) is 0 Å². The molecular weight excluding hydrogens is 351 g/mol. The van der Waals surface area contributed by atoms with Gasteiger partial charge in [0.1, 0.15) is 5.69 Å². The fourth-order valence-electron chi connectivity index (χ4n) is 1.62. The van der Waals surface area contributed by atoms with E-state index in [0.717, 1.165) is 14.7 Å². The van der Waals surface area contributed by atoms with Crippen molar-refractivity contribution in [2.45, 2.75) is 6.54 Å². The number of methoxy groups -OCH3 is 1. The van der Waals surface area contributed by atoms with E-state index in [1.807, 2.05) is 12.1 Å². The van der Waals surface area contributed by atoms with Crippen LogP contribution in [0.5, 0.6) is 5.75 Å². The van der Waals surface area contributed by atoms with Crippen molar-refractivity contribution in [2.75, 3.05) is 12.4 Å². The van der Waals surface area contributed by atoms with Crippen LogP contribution in [0.25, 0.3) is 0 Å². The van der Waals surface area contributed by atoms with Crippen LogP contribution in [0.15, 0.2) is 28.1 Å². The number of nitrogens with zero attached hydrogens (tertiary/aromatic N) is 1. The quantitative estimate of drug-likeness (QED) is 0.641. The van der Waals surface area contributed by atoms with Crippen molar-refractivity contribution in [3.8, 4) is 5.75 Å². The van der Waals surface area contributed by atoms with Crippen LogP contribution in [0.3, 0.4) is 0 Å². The van der Waals surface area contributed by atoms with E-state index >= 15 is 0 Å². The number of nitro benzene ring substituents is 1. The molecule has 1 aromatic heterocycles. The number of anilines is 1. The lowest BCUT2D eigenvalue weighted by Gasteiger charge is -2.09. The Bertz CT molecular complexity index is 648. The monoisotopic (exact) mass is 360 g/mol. The Hall–Kier alpha value is -1.67. The van der Waals surface area contributed by atoms with Gasteiger partial charge < -0.3 is 10.1 Å². The van der Waals surface area contributed by atoms with Gasteiger partial charge in [-0.25, -0.2) is 4.39 Å². The second-order valence-corrected chi connectivity index (χ2v) is 6.37. The molecule has 0 amide bonds. The van der Waals surface area contributed by atoms with Gasteiger partial charge in [0.25, 0.3) is 5.69 Å². The molecular formula is C12H10BrFN2O3S. The Morgan fingerprint density at radius 3 is 2.80 bits per heavy atom. The Balaban J connectivity index is 2.26. The zero-order valence-corrected chi connectivity index (χ0v) is 12.8. The van der Waals surface area contributed by atoms with Gasteiger partial charge in [0.15, 0.2) is 11.6 Å². The molecule has 0 saturated heterocycles. The summed E-state index contributed by atoms with van der Waals surface area (Å²) in [6.07, 6.45) is 0.